The summed E-state index contributed by atoms with van der Waals surface area (Å²) in [6.07, 6.45) is 0. The second-order valence-corrected chi connectivity index (χ2v) is 7.56. The Morgan fingerprint density at radius 3 is 2.68 bits per heavy atom. The molecule has 0 radical (unpaired) electrons. The van der Waals surface area contributed by atoms with Crippen LogP contribution in [0, 0.1) is 6.92 Å². The normalized spacial score (nSPS) is 23.3. The van der Waals surface area contributed by atoms with Gasteiger partial charge in [-0.3, -0.25) is 0 Å². The average molecular weight is 326 g/mol. The van der Waals surface area contributed by atoms with Crippen LogP contribution in [0.2, 0.25) is 0 Å². The highest BCUT2D eigenvalue weighted by atomic mass is 32.2. The monoisotopic (exact) mass is 326 g/mol. The minimum absolute atomic E-state index is 0.0927. The van der Waals surface area contributed by atoms with Gasteiger partial charge < -0.3 is 10.1 Å². The molecule has 122 valence electrons. The van der Waals surface area contributed by atoms with E-state index >= 15 is 0 Å². The van der Waals surface area contributed by atoms with Crippen molar-refractivity contribution in [2.24, 2.45) is 0 Å². The van der Waals surface area contributed by atoms with Gasteiger partial charge in [-0.2, -0.15) is 4.31 Å². The van der Waals surface area contributed by atoms with Gasteiger partial charge in [0.1, 0.15) is 0 Å². The molecule has 1 aliphatic rings. The van der Waals surface area contributed by atoms with Crippen LogP contribution in [-0.2, 0) is 14.8 Å². The molecule has 1 saturated heterocycles. The number of nitrogens with one attached hydrogen (secondary N) is 1. The minimum atomic E-state index is -3.65. The van der Waals surface area contributed by atoms with Crippen LogP contribution in [0.1, 0.15) is 29.8 Å². The van der Waals surface area contributed by atoms with Gasteiger partial charge in [0, 0.05) is 25.2 Å². The maximum absolute atomic E-state index is 13.0. The number of ether oxygens (including phenoxy) is 1. The highest BCUT2D eigenvalue weighted by Gasteiger charge is 2.34. The van der Waals surface area contributed by atoms with Crippen molar-refractivity contribution in [1.82, 2.24) is 9.62 Å². The molecule has 1 aromatic carbocycles. The van der Waals surface area contributed by atoms with E-state index in [2.05, 4.69) is 10.1 Å². The number of carbonyl (C=O) groups is 1. The summed E-state index contributed by atoms with van der Waals surface area (Å²) in [5.41, 5.74) is 0.855. The van der Waals surface area contributed by atoms with Gasteiger partial charge in [-0.25, -0.2) is 13.2 Å². The summed E-state index contributed by atoms with van der Waals surface area (Å²) in [5.74, 6) is -0.543. The van der Waals surface area contributed by atoms with E-state index in [0.717, 1.165) is 0 Å². The van der Waals surface area contributed by atoms with E-state index < -0.39 is 16.0 Å². The van der Waals surface area contributed by atoms with Gasteiger partial charge >= 0.3 is 5.97 Å². The molecule has 22 heavy (non-hydrogen) atoms. The lowest BCUT2D eigenvalue weighted by Gasteiger charge is -2.36. The number of benzene rings is 1. The first-order chi connectivity index (χ1) is 10.3. The molecule has 0 spiro atoms. The molecule has 6 nitrogen and oxygen atoms in total. The third-order valence-corrected chi connectivity index (χ3v) is 6.03. The van der Waals surface area contributed by atoms with Crippen LogP contribution < -0.4 is 5.32 Å². The van der Waals surface area contributed by atoms with Gasteiger partial charge in [0.2, 0.25) is 10.0 Å². The Morgan fingerprint density at radius 2 is 2.05 bits per heavy atom. The summed E-state index contributed by atoms with van der Waals surface area (Å²) in [6, 6.07) is 4.56. The number of aryl methyl sites for hydroxylation is 1. The number of piperazine rings is 1. The predicted octanol–water partition coefficient (Wildman–Crippen LogP) is 1.15. The van der Waals surface area contributed by atoms with Gasteiger partial charge in [-0.05, 0) is 38.5 Å². The Balaban J connectivity index is 2.46. The van der Waals surface area contributed by atoms with E-state index in [4.69, 9.17) is 0 Å². The van der Waals surface area contributed by atoms with Crippen LogP contribution in [0.15, 0.2) is 23.1 Å². The summed E-state index contributed by atoms with van der Waals surface area (Å²) >= 11 is 0. The van der Waals surface area contributed by atoms with Crippen molar-refractivity contribution in [3.8, 4) is 0 Å². The zero-order valence-corrected chi connectivity index (χ0v) is 14.1. The topological polar surface area (TPSA) is 75.7 Å². The fraction of sp³-hybridized carbons (Fsp3) is 0.533. The van der Waals surface area contributed by atoms with E-state index in [1.54, 1.807) is 19.1 Å². The minimum Gasteiger partial charge on any atom is -0.465 e. The van der Waals surface area contributed by atoms with Crippen molar-refractivity contribution < 1.29 is 17.9 Å². The fourth-order valence-corrected chi connectivity index (χ4v) is 4.54. The number of sulfonamides is 1. The van der Waals surface area contributed by atoms with Crippen molar-refractivity contribution in [1.29, 1.82) is 0 Å². The SMILES string of the molecule is COC(=O)c1ccc(C)c(S(=O)(=O)N2CC(C)NCC2C)c1. The van der Waals surface area contributed by atoms with Crippen LogP contribution in [0.3, 0.4) is 0 Å². The number of nitrogens with zero attached hydrogens (tertiary/aromatic N) is 1. The van der Waals surface area contributed by atoms with Gasteiger partial charge in [-0.15, -0.1) is 0 Å². The first-order valence-electron chi connectivity index (χ1n) is 7.21. The third kappa shape index (κ3) is 3.16. The Hall–Kier alpha value is -1.44. The maximum Gasteiger partial charge on any atom is 0.337 e. The number of esters is 1. The number of carbonyl (C=O) groups excluding carboxylic acids is 1. The Labute approximate surface area is 131 Å². The van der Waals surface area contributed by atoms with Gasteiger partial charge in [-0.1, -0.05) is 6.07 Å². The van der Waals surface area contributed by atoms with Crippen molar-refractivity contribution in [2.75, 3.05) is 20.2 Å². The molecular weight excluding hydrogens is 304 g/mol. The molecule has 0 saturated carbocycles. The molecule has 1 fully saturated rings. The molecule has 0 aromatic heterocycles. The first-order valence-corrected chi connectivity index (χ1v) is 8.65. The maximum atomic E-state index is 13.0. The molecule has 0 amide bonds. The second-order valence-electron chi connectivity index (χ2n) is 5.70. The molecular formula is C15H22N2O4S. The first kappa shape index (κ1) is 16.9. The van der Waals surface area contributed by atoms with E-state index in [-0.39, 0.29) is 22.5 Å². The predicted molar refractivity (Wildman–Crippen MR) is 83.3 cm³/mol. The standard InChI is InChI=1S/C15H22N2O4S/c1-10-5-6-13(15(18)21-4)7-14(10)22(19,20)17-9-11(2)16-8-12(17)3/h5-7,11-12,16H,8-9H2,1-4H3. The molecule has 2 rings (SSSR count). The lowest BCUT2D eigenvalue weighted by atomic mass is 10.1. The fourth-order valence-electron chi connectivity index (χ4n) is 2.57. The van der Waals surface area contributed by atoms with E-state index in [0.29, 0.717) is 18.7 Å². The second kappa shape index (κ2) is 6.36. The van der Waals surface area contributed by atoms with Crippen LogP contribution in [0.5, 0.6) is 0 Å². The lowest BCUT2D eigenvalue weighted by molar-refractivity contribution is 0.0600. The zero-order valence-electron chi connectivity index (χ0n) is 13.3. The van der Waals surface area contributed by atoms with E-state index in [9.17, 15) is 13.2 Å². The molecule has 0 bridgehead atoms. The van der Waals surface area contributed by atoms with Gasteiger partial charge in [0.25, 0.3) is 0 Å². The van der Waals surface area contributed by atoms with Crippen molar-refractivity contribution in [2.45, 2.75) is 37.8 Å². The summed E-state index contributed by atoms with van der Waals surface area (Å²) in [7, 11) is -2.38. The van der Waals surface area contributed by atoms with Crippen LogP contribution >= 0.6 is 0 Å². The summed E-state index contributed by atoms with van der Waals surface area (Å²) in [4.78, 5) is 11.8. The Kier molecular flexibility index (Phi) is 4.89. The van der Waals surface area contributed by atoms with Crippen molar-refractivity contribution >= 4 is 16.0 Å². The van der Waals surface area contributed by atoms with Gasteiger partial charge in [0.05, 0.1) is 17.6 Å². The highest BCUT2D eigenvalue weighted by molar-refractivity contribution is 7.89. The number of methoxy groups -OCH3 is 1. The molecule has 0 aliphatic carbocycles. The molecule has 1 heterocycles. The zero-order chi connectivity index (χ0) is 16.5. The molecule has 1 aromatic rings. The Bertz CT molecular complexity index is 672. The third-order valence-electron chi connectivity index (χ3n) is 3.90. The average Bonchev–Trinajstić information content (AvgIpc) is 2.49. The summed E-state index contributed by atoms with van der Waals surface area (Å²) < 4.78 is 32.1. The number of hydrogen-bond donors (Lipinski definition) is 1. The number of hydrogen-bond acceptors (Lipinski definition) is 5. The largest absolute Gasteiger partial charge is 0.465 e. The van der Waals surface area contributed by atoms with Crippen LogP contribution in [0.25, 0.3) is 0 Å². The Morgan fingerprint density at radius 1 is 1.36 bits per heavy atom. The smallest absolute Gasteiger partial charge is 0.337 e. The highest BCUT2D eigenvalue weighted by Crippen LogP contribution is 2.25. The van der Waals surface area contributed by atoms with Crippen LogP contribution in [0.4, 0.5) is 0 Å². The van der Waals surface area contributed by atoms with E-state index in [1.807, 2.05) is 13.8 Å². The van der Waals surface area contributed by atoms with Gasteiger partial charge in [0.15, 0.2) is 0 Å². The molecule has 1 N–H and O–H groups in total. The van der Waals surface area contributed by atoms with E-state index in [1.165, 1.54) is 17.5 Å². The molecule has 7 heteroatoms. The number of rotatable bonds is 3. The van der Waals surface area contributed by atoms with Crippen molar-refractivity contribution in [3.63, 3.8) is 0 Å². The quantitative estimate of drug-likeness (QED) is 0.844. The molecule has 2 unspecified atom stereocenters. The molecule has 2 atom stereocenters. The molecule has 1 aliphatic heterocycles. The summed E-state index contributed by atoms with van der Waals surface area (Å²) in [5, 5.41) is 3.26. The lowest BCUT2D eigenvalue weighted by Crippen LogP contribution is -2.56. The van der Waals surface area contributed by atoms with Crippen LogP contribution in [-0.4, -0.2) is 51.0 Å². The van der Waals surface area contributed by atoms with Crippen molar-refractivity contribution in [3.05, 3.63) is 29.3 Å². The summed E-state index contributed by atoms with van der Waals surface area (Å²) in [6.45, 7) is 6.56.